The van der Waals surface area contributed by atoms with Gasteiger partial charge in [-0.25, -0.2) is 0 Å². The Hall–Kier alpha value is -1.79. The first-order chi connectivity index (χ1) is 9.69. The predicted molar refractivity (Wildman–Crippen MR) is 87.3 cm³/mol. The highest BCUT2D eigenvalue weighted by atomic mass is 79.9. The molecule has 3 heteroatoms. The fourth-order valence-corrected chi connectivity index (χ4v) is 2.70. The molecule has 0 saturated carbocycles. The van der Waals surface area contributed by atoms with Crippen molar-refractivity contribution in [3.05, 3.63) is 57.6 Å². The summed E-state index contributed by atoms with van der Waals surface area (Å²) < 4.78 is 0.817. The molecule has 20 heavy (non-hydrogen) atoms. The third kappa shape index (κ3) is 3.02. The minimum Gasteiger partial charge on any atom is -0.355 e. The summed E-state index contributed by atoms with van der Waals surface area (Å²) in [6.07, 6.45) is 1.99. The molecule has 0 amide bonds. The standard InChI is InChI=1S/C17H17BrN2/c1-3-12-6-5-7-13(4-2)17(12)20-15-9-8-14(11-19)16(18)10-15/h5-10,20H,3-4H2,1-2H3. The van der Waals surface area contributed by atoms with Gasteiger partial charge in [0.25, 0.3) is 0 Å². The van der Waals surface area contributed by atoms with E-state index in [-0.39, 0.29) is 0 Å². The molecule has 0 heterocycles. The van der Waals surface area contributed by atoms with Crippen LogP contribution in [0.25, 0.3) is 0 Å². The lowest BCUT2D eigenvalue weighted by molar-refractivity contribution is 1.09. The van der Waals surface area contributed by atoms with Crippen molar-refractivity contribution in [2.75, 3.05) is 5.32 Å². The third-order valence-corrected chi connectivity index (χ3v) is 4.01. The van der Waals surface area contributed by atoms with E-state index in [1.807, 2.05) is 18.2 Å². The van der Waals surface area contributed by atoms with Crippen molar-refractivity contribution in [1.82, 2.24) is 0 Å². The van der Waals surface area contributed by atoms with E-state index >= 15 is 0 Å². The van der Waals surface area contributed by atoms with E-state index in [1.165, 1.54) is 16.8 Å². The lowest BCUT2D eigenvalue weighted by atomic mass is 10.0. The van der Waals surface area contributed by atoms with Gasteiger partial charge in [0.15, 0.2) is 0 Å². The van der Waals surface area contributed by atoms with E-state index in [0.29, 0.717) is 5.56 Å². The van der Waals surface area contributed by atoms with Gasteiger partial charge in [0, 0.05) is 15.8 Å². The smallest absolute Gasteiger partial charge is 0.100 e. The van der Waals surface area contributed by atoms with Crippen LogP contribution in [0.15, 0.2) is 40.9 Å². The number of benzene rings is 2. The third-order valence-electron chi connectivity index (χ3n) is 3.36. The predicted octanol–water partition coefficient (Wildman–Crippen LogP) is 5.19. The van der Waals surface area contributed by atoms with Crippen molar-refractivity contribution in [2.24, 2.45) is 0 Å². The monoisotopic (exact) mass is 328 g/mol. The van der Waals surface area contributed by atoms with Gasteiger partial charge < -0.3 is 5.32 Å². The highest BCUT2D eigenvalue weighted by molar-refractivity contribution is 9.10. The van der Waals surface area contributed by atoms with Gasteiger partial charge in [0.2, 0.25) is 0 Å². The molecule has 1 N–H and O–H groups in total. The largest absolute Gasteiger partial charge is 0.355 e. The summed E-state index contributed by atoms with van der Waals surface area (Å²) in [5.41, 5.74) is 5.45. The Bertz CT molecular complexity index is 634. The maximum absolute atomic E-state index is 8.96. The number of nitriles is 1. The van der Waals surface area contributed by atoms with E-state index in [2.05, 4.69) is 59.4 Å². The highest BCUT2D eigenvalue weighted by Gasteiger charge is 2.07. The summed E-state index contributed by atoms with van der Waals surface area (Å²) in [7, 11) is 0. The Labute approximate surface area is 128 Å². The molecule has 2 rings (SSSR count). The van der Waals surface area contributed by atoms with Crippen LogP contribution in [-0.2, 0) is 12.8 Å². The summed E-state index contributed by atoms with van der Waals surface area (Å²) in [4.78, 5) is 0. The summed E-state index contributed by atoms with van der Waals surface area (Å²) in [6.45, 7) is 4.32. The first kappa shape index (κ1) is 14.6. The van der Waals surface area contributed by atoms with Gasteiger partial charge >= 0.3 is 0 Å². The van der Waals surface area contributed by atoms with Gasteiger partial charge in [0.1, 0.15) is 6.07 Å². The fourth-order valence-electron chi connectivity index (χ4n) is 2.23. The zero-order chi connectivity index (χ0) is 14.5. The van der Waals surface area contributed by atoms with E-state index in [0.717, 1.165) is 23.0 Å². The van der Waals surface area contributed by atoms with Crippen molar-refractivity contribution >= 4 is 27.3 Å². The first-order valence-corrected chi connectivity index (χ1v) is 7.56. The van der Waals surface area contributed by atoms with Gasteiger partial charge in [-0.05, 0) is 58.1 Å². The fraction of sp³-hybridized carbons (Fsp3) is 0.235. The summed E-state index contributed by atoms with van der Waals surface area (Å²) in [6, 6.07) is 14.3. The molecule has 102 valence electrons. The highest BCUT2D eigenvalue weighted by Crippen LogP contribution is 2.28. The minimum absolute atomic E-state index is 0.648. The van der Waals surface area contributed by atoms with Crippen molar-refractivity contribution < 1.29 is 0 Å². The van der Waals surface area contributed by atoms with Crippen LogP contribution in [0, 0.1) is 11.3 Å². The molecule has 0 aliphatic carbocycles. The van der Waals surface area contributed by atoms with Crippen molar-refractivity contribution in [1.29, 1.82) is 5.26 Å². The molecule has 0 aliphatic rings. The number of aryl methyl sites for hydroxylation is 2. The second-order valence-electron chi connectivity index (χ2n) is 4.59. The van der Waals surface area contributed by atoms with E-state index < -0.39 is 0 Å². The molecule has 2 nitrogen and oxygen atoms in total. The molecule has 2 aromatic carbocycles. The maximum Gasteiger partial charge on any atom is 0.100 e. The second kappa shape index (κ2) is 6.58. The number of rotatable bonds is 4. The zero-order valence-corrected chi connectivity index (χ0v) is 13.3. The SMILES string of the molecule is CCc1cccc(CC)c1Nc1ccc(C#N)c(Br)c1. The molecule has 0 aromatic heterocycles. The summed E-state index contributed by atoms with van der Waals surface area (Å²) in [5.74, 6) is 0. The quantitative estimate of drug-likeness (QED) is 0.838. The van der Waals surface area contributed by atoms with Crippen LogP contribution in [0.4, 0.5) is 11.4 Å². The normalized spacial score (nSPS) is 10.1. The molecule has 2 aromatic rings. The van der Waals surface area contributed by atoms with Gasteiger partial charge in [-0.2, -0.15) is 5.26 Å². The molecule has 0 radical (unpaired) electrons. The van der Waals surface area contributed by atoms with Crippen LogP contribution in [0.5, 0.6) is 0 Å². The van der Waals surface area contributed by atoms with E-state index in [9.17, 15) is 0 Å². The maximum atomic E-state index is 8.96. The van der Waals surface area contributed by atoms with Crippen LogP contribution < -0.4 is 5.32 Å². The van der Waals surface area contributed by atoms with Crippen LogP contribution >= 0.6 is 15.9 Å². The summed E-state index contributed by atoms with van der Waals surface area (Å²) in [5, 5.41) is 12.5. The van der Waals surface area contributed by atoms with E-state index in [4.69, 9.17) is 5.26 Å². The average molecular weight is 329 g/mol. The number of hydrogen-bond acceptors (Lipinski definition) is 2. The molecule has 0 bridgehead atoms. The number of nitrogens with zero attached hydrogens (tertiary/aromatic N) is 1. The number of anilines is 2. The number of nitrogens with one attached hydrogen (secondary N) is 1. The van der Waals surface area contributed by atoms with Gasteiger partial charge in [-0.15, -0.1) is 0 Å². The molecule has 0 spiro atoms. The lowest BCUT2D eigenvalue weighted by Crippen LogP contribution is -2.00. The Morgan fingerprint density at radius 3 is 2.25 bits per heavy atom. The zero-order valence-electron chi connectivity index (χ0n) is 11.7. The summed E-state index contributed by atoms with van der Waals surface area (Å²) >= 11 is 3.43. The Morgan fingerprint density at radius 2 is 1.75 bits per heavy atom. The van der Waals surface area contributed by atoms with E-state index in [1.54, 1.807) is 0 Å². The van der Waals surface area contributed by atoms with Crippen LogP contribution in [-0.4, -0.2) is 0 Å². The number of para-hydroxylation sites is 1. The van der Waals surface area contributed by atoms with Crippen molar-refractivity contribution in [3.63, 3.8) is 0 Å². The Balaban J connectivity index is 2.39. The minimum atomic E-state index is 0.648. The lowest BCUT2D eigenvalue weighted by Gasteiger charge is -2.15. The molecule has 0 fully saturated rings. The van der Waals surface area contributed by atoms with Crippen molar-refractivity contribution in [3.8, 4) is 6.07 Å². The van der Waals surface area contributed by atoms with Crippen LogP contribution in [0.2, 0.25) is 0 Å². The number of halogens is 1. The van der Waals surface area contributed by atoms with Gasteiger partial charge in [-0.3, -0.25) is 0 Å². The van der Waals surface area contributed by atoms with Crippen molar-refractivity contribution in [2.45, 2.75) is 26.7 Å². The average Bonchev–Trinajstić information content (AvgIpc) is 2.47. The molecular formula is C17H17BrN2. The first-order valence-electron chi connectivity index (χ1n) is 6.77. The Morgan fingerprint density at radius 1 is 1.10 bits per heavy atom. The molecule has 0 saturated heterocycles. The topological polar surface area (TPSA) is 35.8 Å². The molecular weight excluding hydrogens is 312 g/mol. The van der Waals surface area contributed by atoms with Gasteiger partial charge in [0.05, 0.1) is 5.56 Å². The van der Waals surface area contributed by atoms with Gasteiger partial charge in [-0.1, -0.05) is 32.0 Å². The van der Waals surface area contributed by atoms with Crippen LogP contribution in [0.1, 0.15) is 30.5 Å². The molecule has 0 unspecified atom stereocenters. The molecule has 0 aliphatic heterocycles. The Kier molecular flexibility index (Phi) is 4.81. The molecule has 0 atom stereocenters. The van der Waals surface area contributed by atoms with Crippen LogP contribution in [0.3, 0.4) is 0 Å². The second-order valence-corrected chi connectivity index (χ2v) is 5.44. The number of hydrogen-bond donors (Lipinski definition) is 1.